The van der Waals surface area contributed by atoms with Crippen molar-refractivity contribution in [3.05, 3.63) is 142 Å². The smallest absolute Gasteiger partial charge is 0.258 e. The third kappa shape index (κ3) is 5.15. The summed E-state index contributed by atoms with van der Waals surface area (Å²) in [5, 5.41) is 13.6. The molecule has 7 nitrogen and oxygen atoms in total. The van der Waals surface area contributed by atoms with Gasteiger partial charge in [-0.05, 0) is 55.0 Å². The lowest BCUT2D eigenvalue weighted by molar-refractivity contribution is -0.387. The molecule has 8 heteroatoms. The van der Waals surface area contributed by atoms with E-state index in [0.29, 0.717) is 16.9 Å². The van der Waals surface area contributed by atoms with Gasteiger partial charge in [-0.1, -0.05) is 90.0 Å². The zero-order valence-electron chi connectivity index (χ0n) is 21.4. The Hall–Kier alpha value is -4.82. The lowest BCUT2D eigenvalue weighted by Gasteiger charge is -2.27. The summed E-state index contributed by atoms with van der Waals surface area (Å²) in [5.74, 6) is 0.123. The summed E-state index contributed by atoms with van der Waals surface area (Å²) in [4.78, 5) is 15.7. The highest BCUT2D eigenvalue weighted by atomic mass is 32.2. The standard InChI is InChI=1S/C31H25N3O4S/c1-22-14-18-25(19-15-22)32-31(28-11-7-9-24-8-3-4-10-27(24)28)33(26-20-16-23(2)17-21-26)39(37,38)30-13-6-5-12-29(30)34(35)36/h3-21H,1-2H3. The second-order valence-corrected chi connectivity index (χ2v) is 10.9. The van der Waals surface area contributed by atoms with E-state index in [0.717, 1.165) is 26.2 Å². The van der Waals surface area contributed by atoms with Gasteiger partial charge in [0, 0.05) is 11.6 Å². The lowest BCUT2D eigenvalue weighted by Crippen LogP contribution is -2.38. The number of anilines is 1. The minimum Gasteiger partial charge on any atom is -0.258 e. The molecule has 0 bridgehead atoms. The Morgan fingerprint density at radius 1 is 0.744 bits per heavy atom. The van der Waals surface area contributed by atoms with Gasteiger partial charge in [0.15, 0.2) is 10.7 Å². The van der Waals surface area contributed by atoms with Crippen LogP contribution >= 0.6 is 0 Å². The molecule has 0 aromatic heterocycles. The molecular formula is C31H25N3O4S. The monoisotopic (exact) mass is 535 g/mol. The average Bonchev–Trinajstić information content (AvgIpc) is 2.94. The van der Waals surface area contributed by atoms with Gasteiger partial charge in [0.2, 0.25) is 0 Å². The Bertz CT molecular complexity index is 1810. The molecule has 0 spiro atoms. The van der Waals surface area contributed by atoms with Crippen LogP contribution in [0.2, 0.25) is 0 Å². The summed E-state index contributed by atoms with van der Waals surface area (Å²) in [5.41, 5.74) is 2.86. The zero-order valence-corrected chi connectivity index (χ0v) is 22.2. The predicted octanol–water partition coefficient (Wildman–Crippen LogP) is 7.34. The minimum absolute atomic E-state index is 0.123. The number of fused-ring (bicyclic) bond motifs is 1. The first-order chi connectivity index (χ1) is 18.8. The number of para-hydroxylation sites is 1. The van der Waals surface area contributed by atoms with Crippen LogP contribution in [0, 0.1) is 24.0 Å². The highest BCUT2D eigenvalue weighted by Crippen LogP contribution is 2.34. The van der Waals surface area contributed by atoms with Crippen molar-refractivity contribution in [2.45, 2.75) is 18.7 Å². The second kappa shape index (κ2) is 10.5. The van der Waals surface area contributed by atoms with Crippen LogP contribution in [0.3, 0.4) is 0 Å². The van der Waals surface area contributed by atoms with E-state index in [9.17, 15) is 18.5 Å². The summed E-state index contributed by atoms with van der Waals surface area (Å²) >= 11 is 0. The van der Waals surface area contributed by atoms with Crippen LogP contribution in [0.4, 0.5) is 17.1 Å². The third-order valence-electron chi connectivity index (χ3n) is 6.34. The van der Waals surface area contributed by atoms with Crippen LogP contribution in [-0.2, 0) is 10.0 Å². The van der Waals surface area contributed by atoms with Gasteiger partial charge in [0.1, 0.15) is 0 Å². The average molecular weight is 536 g/mol. The molecule has 0 radical (unpaired) electrons. The molecule has 5 aromatic rings. The van der Waals surface area contributed by atoms with E-state index in [1.54, 1.807) is 24.3 Å². The fourth-order valence-corrected chi connectivity index (χ4v) is 5.98. The molecule has 39 heavy (non-hydrogen) atoms. The predicted molar refractivity (Wildman–Crippen MR) is 155 cm³/mol. The molecular weight excluding hydrogens is 510 g/mol. The number of nitro benzene ring substituents is 1. The van der Waals surface area contributed by atoms with Crippen LogP contribution < -0.4 is 4.31 Å². The maximum atomic E-state index is 14.5. The summed E-state index contributed by atoms with van der Waals surface area (Å²) in [6, 6.07) is 32.9. The SMILES string of the molecule is Cc1ccc(N=C(c2cccc3ccccc23)N(c2ccc(C)cc2)S(=O)(=O)c2ccccc2[N+](=O)[O-])cc1. The van der Waals surface area contributed by atoms with Crippen molar-refractivity contribution in [1.82, 2.24) is 0 Å². The zero-order chi connectivity index (χ0) is 27.6. The third-order valence-corrected chi connectivity index (χ3v) is 8.11. The molecule has 0 saturated carbocycles. The molecule has 0 amide bonds. The van der Waals surface area contributed by atoms with Gasteiger partial charge in [-0.25, -0.2) is 17.7 Å². The van der Waals surface area contributed by atoms with Gasteiger partial charge in [-0.2, -0.15) is 0 Å². The molecule has 0 N–H and O–H groups in total. The molecule has 0 saturated heterocycles. The highest BCUT2D eigenvalue weighted by molar-refractivity contribution is 7.93. The molecule has 0 atom stereocenters. The molecule has 0 aliphatic heterocycles. The molecule has 5 rings (SSSR count). The second-order valence-electron chi connectivity index (χ2n) is 9.13. The van der Waals surface area contributed by atoms with E-state index >= 15 is 0 Å². The molecule has 0 fully saturated rings. The topological polar surface area (TPSA) is 92.9 Å². The van der Waals surface area contributed by atoms with Crippen LogP contribution in [0.15, 0.2) is 125 Å². The molecule has 0 heterocycles. The maximum Gasteiger partial charge on any atom is 0.289 e. The van der Waals surface area contributed by atoms with Gasteiger partial charge in [0.05, 0.1) is 16.3 Å². The Morgan fingerprint density at radius 3 is 2.03 bits per heavy atom. The largest absolute Gasteiger partial charge is 0.289 e. The summed E-state index contributed by atoms with van der Waals surface area (Å²) in [6.45, 7) is 3.85. The van der Waals surface area contributed by atoms with Crippen LogP contribution in [0.1, 0.15) is 16.7 Å². The van der Waals surface area contributed by atoms with Crippen molar-refractivity contribution >= 4 is 43.7 Å². The van der Waals surface area contributed by atoms with E-state index in [2.05, 4.69) is 0 Å². The van der Waals surface area contributed by atoms with Gasteiger partial charge in [-0.15, -0.1) is 0 Å². The van der Waals surface area contributed by atoms with Crippen LogP contribution in [0.5, 0.6) is 0 Å². The molecule has 0 unspecified atom stereocenters. The number of nitrogens with zero attached hydrogens (tertiary/aromatic N) is 3. The fraction of sp³-hybridized carbons (Fsp3) is 0.0645. The van der Waals surface area contributed by atoms with Crippen LogP contribution in [-0.4, -0.2) is 19.2 Å². The van der Waals surface area contributed by atoms with Crippen LogP contribution in [0.25, 0.3) is 10.8 Å². The van der Waals surface area contributed by atoms with Crippen molar-refractivity contribution in [1.29, 1.82) is 0 Å². The number of benzene rings is 5. The van der Waals surface area contributed by atoms with Crippen molar-refractivity contribution in [2.75, 3.05) is 4.31 Å². The number of hydrogen-bond acceptors (Lipinski definition) is 5. The van der Waals surface area contributed by atoms with Gasteiger partial charge >= 0.3 is 0 Å². The Morgan fingerprint density at radius 2 is 1.33 bits per heavy atom. The Balaban J connectivity index is 1.87. The maximum absolute atomic E-state index is 14.5. The fourth-order valence-electron chi connectivity index (χ4n) is 4.36. The van der Waals surface area contributed by atoms with Crippen molar-refractivity contribution in [3.8, 4) is 0 Å². The quantitative estimate of drug-likeness (QED) is 0.0984. The number of aliphatic imine (C=N–C) groups is 1. The summed E-state index contributed by atoms with van der Waals surface area (Å²) in [7, 11) is -4.53. The normalized spacial score (nSPS) is 11.9. The Labute approximate surface area is 226 Å². The number of sulfonamides is 1. The van der Waals surface area contributed by atoms with Gasteiger partial charge in [0.25, 0.3) is 15.7 Å². The van der Waals surface area contributed by atoms with E-state index in [1.807, 2.05) is 80.6 Å². The first-order valence-corrected chi connectivity index (χ1v) is 13.7. The first kappa shape index (κ1) is 25.8. The highest BCUT2D eigenvalue weighted by Gasteiger charge is 2.36. The lowest BCUT2D eigenvalue weighted by atomic mass is 10.0. The Kier molecular flexibility index (Phi) is 6.96. The summed E-state index contributed by atoms with van der Waals surface area (Å²) < 4.78 is 30.1. The number of amidine groups is 1. The van der Waals surface area contributed by atoms with Crippen molar-refractivity contribution in [2.24, 2.45) is 4.99 Å². The molecule has 0 aliphatic rings. The number of rotatable bonds is 6. The molecule has 0 aliphatic carbocycles. The van der Waals surface area contributed by atoms with Crippen molar-refractivity contribution < 1.29 is 13.3 Å². The summed E-state index contributed by atoms with van der Waals surface area (Å²) in [6.07, 6.45) is 0. The molecule has 194 valence electrons. The number of aryl methyl sites for hydroxylation is 2. The minimum atomic E-state index is -4.53. The van der Waals surface area contributed by atoms with Gasteiger partial charge in [-0.3, -0.25) is 10.1 Å². The van der Waals surface area contributed by atoms with E-state index in [1.165, 1.54) is 24.3 Å². The van der Waals surface area contributed by atoms with Crippen molar-refractivity contribution in [3.63, 3.8) is 0 Å². The van der Waals surface area contributed by atoms with E-state index in [4.69, 9.17) is 4.99 Å². The number of hydrogen-bond donors (Lipinski definition) is 0. The van der Waals surface area contributed by atoms with E-state index < -0.39 is 25.5 Å². The number of nitro groups is 1. The van der Waals surface area contributed by atoms with Gasteiger partial charge < -0.3 is 0 Å². The first-order valence-electron chi connectivity index (χ1n) is 12.2. The van der Waals surface area contributed by atoms with E-state index in [-0.39, 0.29) is 5.84 Å². The molecule has 5 aromatic carbocycles.